The molecule has 1 aromatic heterocycles. The maximum atomic E-state index is 11.2. The number of nitrogens with zero attached hydrogens (tertiary/aromatic N) is 1. The first-order chi connectivity index (χ1) is 6.22. The second kappa shape index (κ2) is 3.89. The summed E-state index contributed by atoms with van der Waals surface area (Å²) >= 11 is 0. The van der Waals surface area contributed by atoms with E-state index < -0.39 is 5.97 Å². The fourth-order valence-electron chi connectivity index (χ4n) is 1.13. The Bertz CT molecular complexity index is 328. The predicted octanol–water partition coefficient (Wildman–Crippen LogP) is 1.11. The number of hydrogen-bond donors (Lipinski definition) is 0. The first-order valence-electron chi connectivity index (χ1n) is 3.96. The van der Waals surface area contributed by atoms with Crippen molar-refractivity contribution in [2.24, 2.45) is 0 Å². The first kappa shape index (κ1) is 9.51. The van der Waals surface area contributed by atoms with Crippen molar-refractivity contribution < 1.29 is 14.3 Å². The third kappa shape index (κ3) is 1.77. The summed E-state index contributed by atoms with van der Waals surface area (Å²) in [4.78, 5) is 21.6. The predicted molar refractivity (Wildman–Crippen MR) is 46.8 cm³/mol. The molecular formula is C9H11NO3. The van der Waals surface area contributed by atoms with Gasteiger partial charge in [-0.2, -0.15) is 0 Å². The third-order valence-corrected chi connectivity index (χ3v) is 1.79. The fourth-order valence-corrected chi connectivity index (χ4v) is 1.13. The van der Waals surface area contributed by atoms with Gasteiger partial charge in [0.2, 0.25) is 0 Å². The minimum atomic E-state index is -0.421. The summed E-state index contributed by atoms with van der Waals surface area (Å²) in [5.74, 6) is -0.421. The fraction of sp³-hybridized carbons (Fsp3) is 0.333. The Balaban J connectivity index is 3.10. The van der Waals surface area contributed by atoms with Gasteiger partial charge in [0.05, 0.1) is 7.11 Å². The summed E-state index contributed by atoms with van der Waals surface area (Å²) in [6.07, 6.45) is 2.33. The van der Waals surface area contributed by atoms with E-state index in [4.69, 9.17) is 0 Å². The van der Waals surface area contributed by atoms with Crippen LogP contribution in [0, 0.1) is 0 Å². The highest BCUT2D eigenvalue weighted by atomic mass is 16.5. The van der Waals surface area contributed by atoms with Crippen LogP contribution in [0.1, 0.15) is 27.8 Å². The van der Waals surface area contributed by atoms with Gasteiger partial charge in [-0.15, -0.1) is 0 Å². The molecule has 0 aliphatic rings. The van der Waals surface area contributed by atoms with E-state index in [0.29, 0.717) is 24.1 Å². The zero-order valence-electron chi connectivity index (χ0n) is 7.61. The van der Waals surface area contributed by atoms with E-state index in [1.807, 2.05) is 6.92 Å². The molecule has 0 fully saturated rings. The smallest absolute Gasteiger partial charge is 0.354 e. The Morgan fingerprint density at radius 2 is 2.38 bits per heavy atom. The molecule has 0 saturated carbocycles. The molecule has 0 spiro atoms. The van der Waals surface area contributed by atoms with Crippen LogP contribution in [0.5, 0.6) is 0 Å². The van der Waals surface area contributed by atoms with Gasteiger partial charge < -0.3 is 9.30 Å². The Morgan fingerprint density at radius 1 is 1.69 bits per heavy atom. The van der Waals surface area contributed by atoms with Crippen LogP contribution in [0.15, 0.2) is 12.3 Å². The number of aryl methyl sites for hydroxylation is 1. The first-order valence-corrected chi connectivity index (χ1v) is 3.96. The number of ether oxygens (including phenoxy) is 1. The molecule has 1 heterocycles. The molecule has 0 amide bonds. The summed E-state index contributed by atoms with van der Waals surface area (Å²) in [6.45, 7) is 2.53. The average molecular weight is 181 g/mol. The van der Waals surface area contributed by atoms with Gasteiger partial charge in [-0.1, -0.05) is 0 Å². The normalized spacial score (nSPS) is 9.69. The van der Waals surface area contributed by atoms with Gasteiger partial charge >= 0.3 is 5.97 Å². The SMILES string of the molecule is CCn1cc(C=O)cc1C(=O)OC. The number of carbonyl (C=O) groups excluding carboxylic acids is 2. The number of aromatic nitrogens is 1. The molecule has 0 unspecified atom stereocenters. The second-order valence-electron chi connectivity index (χ2n) is 2.55. The van der Waals surface area contributed by atoms with Crippen LogP contribution in [0.4, 0.5) is 0 Å². The van der Waals surface area contributed by atoms with Crippen molar-refractivity contribution in [3.05, 3.63) is 23.5 Å². The minimum Gasteiger partial charge on any atom is -0.464 e. The maximum Gasteiger partial charge on any atom is 0.354 e. The van der Waals surface area contributed by atoms with Crippen molar-refractivity contribution in [1.82, 2.24) is 4.57 Å². The molecule has 0 saturated heterocycles. The van der Waals surface area contributed by atoms with E-state index in [2.05, 4.69) is 4.74 Å². The summed E-state index contributed by atoms with van der Waals surface area (Å²) in [5.41, 5.74) is 0.898. The summed E-state index contributed by atoms with van der Waals surface area (Å²) in [5, 5.41) is 0. The minimum absolute atomic E-state index is 0.409. The Kier molecular flexibility index (Phi) is 2.84. The monoisotopic (exact) mass is 181 g/mol. The molecule has 4 nitrogen and oxygen atoms in total. The number of carbonyl (C=O) groups is 2. The molecular weight excluding hydrogens is 170 g/mol. The lowest BCUT2D eigenvalue weighted by Crippen LogP contribution is -2.08. The van der Waals surface area contributed by atoms with E-state index in [1.54, 1.807) is 10.8 Å². The van der Waals surface area contributed by atoms with Crippen molar-refractivity contribution in [2.45, 2.75) is 13.5 Å². The highest BCUT2D eigenvalue weighted by Gasteiger charge is 2.12. The maximum absolute atomic E-state index is 11.2. The molecule has 0 bridgehead atoms. The molecule has 0 aromatic carbocycles. The van der Waals surface area contributed by atoms with Crippen LogP contribution < -0.4 is 0 Å². The number of esters is 1. The highest BCUT2D eigenvalue weighted by Crippen LogP contribution is 2.08. The lowest BCUT2D eigenvalue weighted by Gasteiger charge is -2.02. The van der Waals surface area contributed by atoms with Gasteiger partial charge in [0.15, 0.2) is 6.29 Å². The number of aldehydes is 1. The largest absolute Gasteiger partial charge is 0.464 e. The summed E-state index contributed by atoms with van der Waals surface area (Å²) < 4.78 is 6.24. The van der Waals surface area contributed by atoms with Gasteiger partial charge in [-0.05, 0) is 13.0 Å². The lowest BCUT2D eigenvalue weighted by molar-refractivity contribution is 0.0588. The van der Waals surface area contributed by atoms with Crippen LogP contribution in [0.25, 0.3) is 0 Å². The summed E-state index contributed by atoms with van der Waals surface area (Å²) in [6, 6.07) is 1.52. The van der Waals surface area contributed by atoms with Gasteiger partial charge in [0, 0.05) is 18.3 Å². The van der Waals surface area contributed by atoms with E-state index in [0.717, 1.165) is 0 Å². The van der Waals surface area contributed by atoms with Gasteiger partial charge in [0.25, 0.3) is 0 Å². The zero-order chi connectivity index (χ0) is 9.84. The van der Waals surface area contributed by atoms with Gasteiger partial charge in [-0.3, -0.25) is 4.79 Å². The molecule has 1 aromatic rings. The molecule has 13 heavy (non-hydrogen) atoms. The summed E-state index contributed by atoms with van der Waals surface area (Å²) in [7, 11) is 1.32. The van der Waals surface area contributed by atoms with Crippen LogP contribution in [0.3, 0.4) is 0 Å². The van der Waals surface area contributed by atoms with Crippen LogP contribution in [-0.4, -0.2) is 23.9 Å². The van der Waals surface area contributed by atoms with Crippen molar-refractivity contribution in [3.63, 3.8) is 0 Å². The van der Waals surface area contributed by atoms with Crippen LogP contribution in [-0.2, 0) is 11.3 Å². The van der Waals surface area contributed by atoms with Crippen molar-refractivity contribution in [1.29, 1.82) is 0 Å². The highest BCUT2D eigenvalue weighted by molar-refractivity contribution is 5.90. The van der Waals surface area contributed by atoms with E-state index in [-0.39, 0.29) is 0 Å². The Labute approximate surface area is 76.1 Å². The van der Waals surface area contributed by atoms with Crippen molar-refractivity contribution >= 4 is 12.3 Å². The molecule has 70 valence electrons. The van der Waals surface area contributed by atoms with E-state index >= 15 is 0 Å². The molecule has 0 atom stereocenters. The lowest BCUT2D eigenvalue weighted by atomic mass is 10.3. The molecule has 0 N–H and O–H groups in total. The molecule has 0 aliphatic heterocycles. The number of methoxy groups -OCH3 is 1. The molecule has 1 rings (SSSR count). The Hall–Kier alpha value is -1.58. The molecule has 0 aliphatic carbocycles. The van der Waals surface area contributed by atoms with E-state index in [1.165, 1.54) is 13.2 Å². The zero-order valence-corrected chi connectivity index (χ0v) is 7.61. The van der Waals surface area contributed by atoms with Crippen molar-refractivity contribution in [3.8, 4) is 0 Å². The van der Waals surface area contributed by atoms with Crippen molar-refractivity contribution in [2.75, 3.05) is 7.11 Å². The quantitative estimate of drug-likeness (QED) is 0.518. The molecule has 0 radical (unpaired) electrons. The average Bonchev–Trinajstić information content (AvgIpc) is 2.59. The molecule has 4 heteroatoms. The van der Waals surface area contributed by atoms with Crippen LogP contribution >= 0.6 is 0 Å². The topological polar surface area (TPSA) is 48.3 Å². The number of rotatable bonds is 3. The van der Waals surface area contributed by atoms with Gasteiger partial charge in [-0.25, -0.2) is 4.79 Å². The number of hydrogen-bond acceptors (Lipinski definition) is 3. The van der Waals surface area contributed by atoms with Gasteiger partial charge in [0.1, 0.15) is 5.69 Å². The standard InChI is InChI=1S/C9H11NO3/c1-3-10-5-7(6-11)4-8(10)9(12)13-2/h4-6H,3H2,1-2H3. The third-order valence-electron chi connectivity index (χ3n) is 1.79. The van der Waals surface area contributed by atoms with Crippen LogP contribution in [0.2, 0.25) is 0 Å². The Morgan fingerprint density at radius 3 is 2.85 bits per heavy atom. The van der Waals surface area contributed by atoms with E-state index in [9.17, 15) is 9.59 Å². The second-order valence-corrected chi connectivity index (χ2v) is 2.55.